The number of hydrogen-bond acceptors (Lipinski definition) is 3. The number of halogens is 1. The summed E-state index contributed by atoms with van der Waals surface area (Å²) in [4.78, 5) is 12.3. The fraction of sp³-hybridized carbons (Fsp3) is 0.143. The molecule has 0 aliphatic heterocycles. The van der Waals surface area contributed by atoms with Gasteiger partial charge in [0, 0.05) is 10.0 Å². The van der Waals surface area contributed by atoms with Crippen molar-refractivity contribution in [1.82, 2.24) is 5.43 Å². The zero-order valence-corrected chi connectivity index (χ0v) is 16.2. The van der Waals surface area contributed by atoms with Gasteiger partial charge in [0.05, 0.1) is 17.9 Å². The smallest absolute Gasteiger partial charge is 0.272 e. The first-order valence-corrected chi connectivity index (χ1v) is 9.12. The molecule has 1 N–H and O–H groups in total. The molecule has 0 heterocycles. The molecule has 1 amide bonds. The lowest BCUT2D eigenvalue weighted by Crippen LogP contribution is -2.18. The van der Waals surface area contributed by atoms with Crippen LogP contribution in [0.1, 0.15) is 29.8 Å². The molecular formula is C21H19BrN2O2. The molecule has 0 bridgehead atoms. The Morgan fingerprint density at radius 3 is 2.58 bits per heavy atom. The van der Waals surface area contributed by atoms with Crippen LogP contribution in [0.4, 0.5) is 0 Å². The minimum atomic E-state index is -0.278. The van der Waals surface area contributed by atoms with E-state index in [9.17, 15) is 4.79 Å². The van der Waals surface area contributed by atoms with Gasteiger partial charge in [-0.25, -0.2) is 5.43 Å². The molecule has 0 fully saturated rings. The average molecular weight is 411 g/mol. The topological polar surface area (TPSA) is 50.7 Å². The molecule has 5 heteroatoms. The van der Waals surface area contributed by atoms with E-state index in [1.54, 1.807) is 12.3 Å². The highest BCUT2D eigenvalue weighted by Gasteiger charge is 2.10. The third kappa shape index (κ3) is 4.11. The number of carbonyl (C=O) groups is 1. The molecule has 3 rings (SSSR count). The fourth-order valence-corrected chi connectivity index (χ4v) is 3.09. The Morgan fingerprint density at radius 1 is 1.08 bits per heavy atom. The molecule has 0 saturated heterocycles. The predicted molar refractivity (Wildman–Crippen MR) is 109 cm³/mol. The van der Waals surface area contributed by atoms with Gasteiger partial charge in [0.25, 0.3) is 5.91 Å². The first kappa shape index (κ1) is 18.1. The van der Waals surface area contributed by atoms with Gasteiger partial charge in [-0.2, -0.15) is 5.10 Å². The highest BCUT2D eigenvalue weighted by atomic mass is 79.9. The number of fused-ring (bicyclic) bond motifs is 1. The lowest BCUT2D eigenvalue weighted by atomic mass is 10.0. The number of ether oxygens (including phenoxy) is 1. The van der Waals surface area contributed by atoms with Gasteiger partial charge in [-0.15, -0.1) is 0 Å². The fourth-order valence-electron chi connectivity index (χ4n) is 2.63. The van der Waals surface area contributed by atoms with Crippen molar-refractivity contribution in [2.45, 2.75) is 20.0 Å². The Balaban J connectivity index is 1.90. The van der Waals surface area contributed by atoms with Gasteiger partial charge in [-0.05, 0) is 58.7 Å². The van der Waals surface area contributed by atoms with Crippen LogP contribution in [0.2, 0.25) is 0 Å². The Bertz CT molecular complexity index is 967. The molecule has 26 heavy (non-hydrogen) atoms. The van der Waals surface area contributed by atoms with Crippen LogP contribution < -0.4 is 10.2 Å². The first-order valence-electron chi connectivity index (χ1n) is 8.32. The molecule has 0 radical (unpaired) electrons. The number of carbonyl (C=O) groups excluding carboxylic acids is 1. The van der Waals surface area contributed by atoms with Crippen LogP contribution in [-0.4, -0.2) is 18.2 Å². The summed E-state index contributed by atoms with van der Waals surface area (Å²) in [7, 11) is 0. The average Bonchev–Trinajstić information content (AvgIpc) is 2.63. The van der Waals surface area contributed by atoms with E-state index in [1.165, 1.54) is 0 Å². The van der Waals surface area contributed by atoms with Gasteiger partial charge < -0.3 is 4.74 Å². The van der Waals surface area contributed by atoms with Gasteiger partial charge in [0.2, 0.25) is 0 Å². The molecular weight excluding hydrogens is 392 g/mol. The monoisotopic (exact) mass is 410 g/mol. The summed E-state index contributed by atoms with van der Waals surface area (Å²) >= 11 is 3.37. The summed E-state index contributed by atoms with van der Waals surface area (Å²) in [6.07, 6.45) is 1.67. The SMILES string of the molecule is CC(C)Oc1ccc2ccccc2c1/C=N\NC(=O)c1ccccc1Br. The van der Waals surface area contributed by atoms with E-state index in [2.05, 4.69) is 26.5 Å². The molecule has 0 atom stereocenters. The quantitative estimate of drug-likeness (QED) is 0.466. The summed E-state index contributed by atoms with van der Waals surface area (Å²) in [6.45, 7) is 3.95. The van der Waals surface area contributed by atoms with Crippen LogP contribution in [0.3, 0.4) is 0 Å². The molecule has 0 aliphatic carbocycles. The maximum absolute atomic E-state index is 12.3. The number of hydrazone groups is 1. The van der Waals surface area contributed by atoms with E-state index in [0.29, 0.717) is 5.56 Å². The van der Waals surface area contributed by atoms with Gasteiger partial charge >= 0.3 is 0 Å². The van der Waals surface area contributed by atoms with Crippen LogP contribution >= 0.6 is 15.9 Å². The number of hydrogen-bond donors (Lipinski definition) is 1. The van der Waals surface area contributed by atoms with Gasteiger partial charge in [-0.3, -0.25) is 4.79 Å². The van der Waals surface area contributed by atoms with Crippen molar-refractivity contribution in [2.75, 3.05) is 0 Å². The molecule has 0 spiro atoms. The maximum Gasteiger partial charge on any atom is 0.272 e. The number of rotatable bonds is 5. The Labute approximate surface area is 161 Å². The molecule has 4 nitrogen and oxygen atoms in total. The normalized spacial score (nSPS) is 11.2. The third-order valence-corrected chi connectivity index (χ3v) is 4.46. The second-order valence-electron chi connectivity index (χ2n) is 6.04. The van der Waals surface area contributed by atoms with Gasteiger partial charge in [-0.1, -0.05) is 42.5 Å². The van der Waals surface area contributed by atoms with E-state index in [1.807, 2.05) is 68.4 Å². The zero-order valence-electron chi connectivity index (χ0n) is 14.6. The zero-order chi connectivity index (χ0) is 18.5. The van der Waals surface area contributed by atoms with Crippen LogP contribution in [0.25, 0.3) is 10.8 Å². The summed E-state index contributed by atoms with van der Waals surface area (Å²) in [5.74, 6) is 0.456. The number of benzene rings is 3. The molecule has 0 aliphatic rings. The second-order valence-corrected chi connectivity index (χ2v) is 6.90. The van der Waals surface area contributed by atoms with Crippen molar-refractivity contribution in [1.29, 1.82) is 0 Å². The largest absolute Gasteiger partial charge is 0.490 e. The number of nitrogens with zero attached hydrogens (tertiary/aromatic N) is 1. The molecule has 132 valence electrons. The summed E-state index contributed by atoms with van der Waals surface area (Å²) in [5.41, 5.74) is 3.94. The van der Waals surface area contributed by atoms with Crippen molar-refractivity contribution >= 4 is 38.8 Å². The maximum atomic E-state index is 12.3. The Kier molecular flexibility index (Phi) is 5.68. The summed E-state index contributed by atoms with van der Waals surface area (Å²) in [6, 6.07) is 19.2. The summed E-state index contributed by atoms with van der Waals surface area (Å²) < 4.78 is 6.63. The van der Waals surface area contributed by atoms with Crippen LogP contribution in [0.5, 0.6) is 5.75 Å². The van der Waals surface area contributed by atoms with E-state index in [0.717, 1.165) is 26.6 Å². The van der Waals surface area contributed by atoms with E-state index in [-0.39, 0.29) is 12.0 Å². The lowest BCUT2D eigenvalue weighted by Gasteiger charge is -2.14. The first-order chi connectivity index (χ1) is 12.6. The minimum absolute atomic E-state index is 0.0400. The predicted octanol–water partition coefficient (Wildman–Crippen LogP) is 5.15. The number of amides is 1. The van der Waals surface area contributed by atoms with Crippen molar-refractivity contribution in [3.63, 3.8) is 0 Å². The van der Waals surface area contributed by atoms with Crippen molar-refractivity contribution < 1.29 is 9.53 Å². The van der Waals surface area contributed by atoms with Crippen molar-refractivity contribution in [3.05, 3.63) is 76.3 Å². The summed E-state index contributed by atoms with van der Waals surface area (Å²) in [5, 5.41) is 6.26. The van der Waals surface area contributed by atoms with Crippen LogP contribution in [0, 0.1) is 0 Å². The van der Waals surface area contributed by atoms with E-state index in [4.69, 9.17) is 4.74 Å². The molecule has 0 aromatic heterocycles. The van der Waals surface area contributed by atoms with Crippen molar-refractivity contribution in [3.8, 4) is 5.75 Å². The highest BCUT2D eigenvalue weighted by molar-refractivity contribution is 9.10. The number of nitrogens with one attached hydrogen (secondary N) is 1. The van der Waals surface area contributed by atoms with Gasteiger partial charge in [0.15, 0.2) is 0 Å². The van der Waals surface area contributed by atoms with Crippen molar-refractivity contribution in [2.24, 2.45) is 5.10 Å². The third-order valence-electron chi connectivity index (χ3n) is 3.77. The molecule has 3 aromatic rings. The highest BCUT2D eigenvalue weighted by Crippen LogP contribution is 2.27. The Morgan fingerprint density at radius 2 is 1.81 bits per heavy atom. The van der Waals surface area contributed by atoms with Crippen LogP contribution in [-0.2, 0) is 0 Å². The van der Waals surface area contributed by atoms with Gasteiger partial charge in [0.1, 0.15) is 5.75 Å². The molecule has 0 saturated carbocycles. The molecule has 3 aromatic carbocycles. The lowest BCUT2D eigenvalue weighted by molar-refractivity contribution is 0.0954. The molecule has 0 unspecified atom stereocenters. The Hall–Kier alpha value is -2.66. The minimum Gasteiger partial charge on any atom is -0.490 e. The van der Waals surface area contributed by atoms with E-state index >= 15 is 0 Å². The standard InChI is InChI=1S/C21H19BrN2O2/c1-14(2)26-20-12-11-15-7-3-4-8-16(15)18(20)13-23-24-21(25)17-9-5-6-10-19(17)22/h3-14H,1-2H3,(H,24,25)/b23-13-. The van der Waals surface area contributed by atoms with Crippen LogP contribution in [0.15, 0.2) is 70.2 Å². The second kappa shape index (κ2) is 8.15. The van der Waals surface area contributed by atoms with E-state index < -0.39 is 0 Å².